The fraction of sp³-hybridized carbons (Fsp3) is 0.500. The maximum Gasteiger partial charge on any atom is 0.310 e. The summed E-state index contributed by atoms with van der Waals surface area (Å²) in [5, 5.41) is 2.56. The lowest BCUT2D eigenvalue weighted by atomic mass is 9.98. The number of amides is 3. The lowest BCUT2D eigenvalue weighted by Gasteiger charge is -2.32. The third-order valence-electron chi connectivity index (χ3n) is 4.68. The van der Waals surface area contributed by atoms with Crippen LogP contribution in [0.25, 0.3) is 0 Å². The smallest absolute Gasteiger partial charge is 0.310 e. The molecule has 3 amide bonds. The van der Waals surface area contributed by atoms with E-state index in [0.29, 0.717) is 31.7 Å². The van der Waals surface area contributed by atoms with E-state index in [-0.39, 0.29) is 42.7 Å². The number of nitrogens with zero attached hydrogens (tertiary/aromatic N) is 2. The van der Waals surface area contributed by atoms with Gasteiger partial charge in [0.15, 0.2) is 0 Å². The van der Waals surface area contributed by atoms with E-state index in [1.807, 2.05) is 0 Å². The zero-order chi connectivity index (χ0) is 21.4. The molecule has 1 atom stereocenters. The molecular formula is C20H26BrN3O5. The first kappa shape index (κ1) is 22.9. The number of likely N-dealkylation sites (N-methyl/N-ethyl adjacent to an activating group) is 1. The summed E-state index contributed by atoms with van der Waals surface area (Å²) >= 11 is 3.29. The van der Waals surface area contributed by atoms with E-state index >= 15 is 0 Å². The van der Waals surface area contributed by atoms with Crippen molar-refractivity contribution in [2.24, 2.45) is 5.92 Å². The van der Waals surface area contributed by atoms with Gasteiger partial charge in [0.2, 0.25) is 11.8 Å². The molecule has 1 aromatic carbocycles. The van der Waals surface area contributed by atoms with E-state index in [1.165, 1.54) is 11.9 Å². The first-order chi connectivity index (χ1) is 13.8. The van der Waals surface area contributed by atoms with Gasteiger partial charge in [0, 0.05) is 30.2 Å². The minimum absolute atomic E-state index is 0.110. The minimum Gasteiger partial charge on any atom is -0.466 e. The van der Waals surface area contributed by atoms with Gasteiger partial charge >= 0.3 is 5.97 Å². The minimum atomic E-state index is -0.374. The Kier molecular flexibility index (Phi) is 8.63. The Hall–Kier alpha value is -2.42. The molecule has 1 saturated heterocycles. The predicted octanol–water partition coefficient (Wildman–Crippen LogP) is 1.44. The van der Waals surface area contributed by atoms with Crippen molar-refractivity contribution in [1.29, 1.82) is 0 Å². The summed E-state index contributed by atoms with van der Waals surface area (Å²) in [6.07, 6.45) is 1.41. The topological polar surface area (TPSA) is 96.0 Å². The van der Waals surface area contributed by atoms with Gasteiger partial charge in [-0.05, 0) is 38.0 Å². The monoisotopic (exact) mass is 467 g/mol. The van der Waals surface area contributed by atoms with Crippen molar-refractivity contribution in [1.82, 2.24) is 15.1 Å². The van der Waals surface area contributed by atoms with Gasteiger partial charge in [-0.25, -0.2) is 0 Å². The fourth-order valence-electron chi connectivity index (χ4n) is 3.07. The number of likely N-dealkylation sites (tertiary alicyclic amines) is 1. The molecule has 0 aliphatic carbocycles. The van der Waals surface area contributed by atoms with Crippen LogP contribution in [0, 0.1) is 5.92 Å². The maximum absolute atomic E-state index is 12.5. The molecule has 0 spiro atoms. The van der Waals surface area contributed by atoms with Gasteiger partial charge in [0.1, 0.15) is 0 Å². The third kappa shape index (κ3) is 6.85. The van der Waals surface area contributed by atoms with E-state index in [0.717, 1.165) is 10.9 Å². The zero-order valence-electron chi connectivity index (χ0n) is 16.7. The number of carbonyl (C=O) groups is 4. The van der Waals surface area contributed by atoms with Crippen molar-refractivity contribution in [2.45, 2.75) is 19.8 Å². The predicted molar refractivity (Wildman–Crippen MR) is 110 cm³/mol. The molecule has 1 unspecified atom stereocenters. The van der Waals surface area contributed by atoms with E-state index in [2.05, 4.69) is 21.2 Å². The number of esters is 1. The molecule has 2 rings (SSSR count). The number of hydrogen-bond acceptors (Lipinski definition) is 5. The largest absolute Gasteiger partial charge is 0.466 e. The number of rotatable bonds is 7. The standard InChI is InChI=1S/C20H26BrN3O5/c1-3-29-20(28)15-7-5-9-24(12-15)18(26)13-23(2)17(25)11-22-19(27)14-6-4-8-16(21)10-14/h4,6,8,10,15H,3,5,7,9,11-13H2,1-2H3,(H,22,27). The SMILES string of the molecule is CCOC(=O)C1CCCN(C(=O)CN(C)C(=O)CNC(=O)c2cccc(Br)c2)C1. The summed E-state index contributed by atoms with van der Waals surface area (Å²) in [4.78, 5) is 51.7. The number of ether oxygens (including phenoxy) is 1. The number of benzene rings is 1. The van der Waals surface area contributed by atoms with Crippen LogP contribution in [0.1, 0.15) is 30.1 Å². The summed E-state index contributed by atoms with van der Waals surface area (Å²) in [6.45, 7) is 2.60. The highest BCUT2D eigenvalue weighted by molar-refractivity contribution is 9.10. The number of halogens is 1. The summed E-state index contributed by atoms with van der Waals surface area (Å²) in [7, 11) is 1.51. The second kappa shape index (κ2) is 10.9. The quantitative estimate of drug-likeness (QED) is 0.612. The van der Waals surface area contributed by atoms with Gasteiger partial charge in [-0.1, -0.05) is 22.0 Å². The number of hydrogen-bond donors (Lipinski definition) is 1. The summed E-state index contributed by atoms with van der Waals surface area (Å²) in [5.74, 6) is -1.58. The lowest BCUT2D eigenvalue weighted by molar-refractivity contribution is -0.152. The fourth-order valence-corrected chi connectivity index (χ4v) is 3.47. The van der Waals surface area contributed by atoms with Crippen LogP contribution in [-0.2, 0) is 19.1 Å². The molecule has 0 aromatic heterocycles. The Labute approximate surface area is 178 Å². The van der Waals surface area contributed by atoms with Crippen molar-refractivity contribution in [3.05, 3.63) is 34.3 Å². The van der Waals surface area contributed by atoms with Gasteiger partial charge in [-0.3, -0.25) is 19.2 Å². The normalized spacial score (nSPS) is 16.1. The Bertz CT molecular complexity index is 770. The summed E-state index contributed by atoms with van der Waals surface area (Å²) in [6, 6.07) is 6.83. The van der Waals surface area contributed by atoms with Crippen LogP contribution in [0.15, 0.2) is 28.7 Å². The molecule has 29 heavy (non-hydrogen) atoms. The van der Waals surface area contributed by atoms with Crippen LogP contribution in [0.3, 0.4) is 0 Å². The molecule has 1 aliphatic heterocycles. The van der Waals surface area contributed by atoms with Crippen LogP contribution in [0.2, 0.25) is 0 Å². The molecule has 1 fully saturated rings. The van der Waals surface area contributed by atoms with Crippen LogP contribution < -0.4 is 5.32 Å². The van der Waals surface area contributed by atoms with Gasteiger partial charge in [0.05, 0.1) is 25.6 Å². The zero-order valence-corrected chi connectivity index (χ0v) is 18.2. The molecule has 1 N–H and O–H groups in total. The molecule has 1 aliphatic rings. The van der Waals surface area contributed by atoms with Crippen LogP contribution in [-0.4, -0.2) is 73.3 Å². The van der Waals surface area contributed by atoms with Crippen molar-refractivity contribution in [3.8, 4) is 0 Å². The van der Waals surface area contributed by atoms with E-state index < -0.39 is 0 Å². The molecule has 9 heteroatoms. The van der Waals surface area contributed by atoms with E-state index in [4.69, 9.17) is 4.74 Å². The Morgan fingerprint density at radius 1 is 1.31 bits per heavy atom. The van der Waals surface area contributed by atoms with Crippen molar-refractivity contribution in [3.63, 3.8) is 0 Å². The average Bonchev–Trinajstić information content (AvgIpc) is 2.71. The molecule has 0 bridgehead atoms. The van der Waals surface area contributed by atoms with Crippen molar-refractivity contribution < 1.29 is 23.9 Å². The molecule has 1 aromatic rings. The highest BCUT2D eigenvalue weighted by Crippen LogP contribution is 2.18. The Morgan fingerprint density at radius 3 is 2.76 bits per heavy atom. The van der Waals surface area contributed by atoms with Gasteiger partial charge < -0.3 is 19.9 Å². The highest BCUT2D eigenvalue weighted by atomic mass is 79.9. The first-order valence-corrected chi connectivity index (χ1v) is 10.3. The maximum atomic E-state index is 12.5. The molecule has 8 nitrogen and oxygen atoms in total. The van der Waals surface area contributed by atoms with Crippen LogP contribution >= 0.6 is 15.9 Å². The molecule has 158 valence electrons. The Morgan fingerprint density at radius 2 is 2.07 bits per heavy atom. The summed E-state index contributed by atoms with van der Waals surface area (Å²) in [5.41, 5.74) is 0.434. The molecular weight excluding hydrogens is 442 g/mol. The average molecular weight is 468 g/mol. The van der Waals surface area contributed by atoms with E-state index in [1.54, 1.807) is 36.1 Å². The summed E-state index contributed by atoms with van der Waals surface area (Å²) < 4.78 is 5.81. The number of piperidine rings is 1. The van der Waals surface area contributed by atoms with E-state index in [9.17, 15) is 19.2 Å². The van der Waals surface area contributed by atoms with Gasteiger partial charge in [0.25, 0.3) is 5.91 Å². The van der Waals surface area contributed by atoms with Crippen molar-refractivity contribution >= 4 is 39.6 Å². The highest BCUT2D eigenvalue weighted by Gasteiger charge is 2.30. The second-order valence-electron chi connectivity index (χ2n) is 6.87. The van der Waals surface area contributed by atoms with Crippen LogP contribution in [0.4, 0.5) is 0 Å². The Balaban J connectivity index is 1.81. The second-order valence-corrected chi connectivity index (χ2v) is 7.79. The lowest BCUT2D eigenvalue weighted by Crippen LogP contribution is -2.48. The molecule has 0 saturated carbocycles. The third-order valence-corrected chi connectivity index (χ3v) is 5.17. The number of carbonyl (C=O) groups excluding carboxylic acids is 4. The van der Waals surface area contributed by atoms with Crippen LogP contribution in [0.5, 0.6) is 0 Å². The van der Waals surface area contributed by atoms with Gasteiger partial charge in [-0.15, -0.1) is 0 Å². The first-order valence-electron chi connectivity index (χ1n) is 9.54. The number of nitrogens with one attached hydrogen (secondary N) is 1. The molecule has 0 radical (unpaired) electrons. The van der Waals surface area contributed by atoms with Gasteiger partial charge in [-0.2, -0.15) is 0 Å². The molecule has 1 heterocycles. The van der Waals surface area contributed by atoms with Crippen molar-refractivity contribution in [2.75, 3.05) is 39.8 Å².